The Balaban J connectivity index is 2.15. The van der Waals surface area contributed by atoms with Crippen molar-refractivity contribution < 1.29 is 5.11 Å². The molecule has 0 saturated heterocycles. The number of hydrogen-bond acceptors (Lipinski definition) is 2. The largest absolute Gasteiger partial charge is 0.508 e. The fourth-order valence-corrected chi connectivity index (χ4v) is 2.50. The van der Waals surface area contributed by atoms with E-state index in [-0.39, 0.29) is 11.3 Å². The van der Waals surface area contributed by atoms with E-state index in [9.17, 15) is 5.11 Å². The predicted molar refractivity (Wildman–Crippen MR) is 87.1 cm³/mol. The third kappa shape index (κ3) is 3.54. The molecule has 0 spiro atoms. The van der Waals surface area contributed by atoms with Gasteiger partial charge in [-0.05, 0) is 43.7 Å². The van der Waals surface area contributed by atoms with E-state index in [2.05, 4.69) is 47.2 Å². The summed E-state index contributed by atoms with van der Waals surface area (Å²) < 4.78 is 1.06. The topological polar surface area (TPSA) is 32.3 Å². The van der Waals surface area contributed by atoms with Gasteiger partial charge in [-0.25, -0.2) is 0 Å². The first kappa shape index (κ1) is 15.4. The summed E-state index contributed by atoms with van der Waals surface area (Å²) in [5.41, 5.74) is 1.68. The van der Waals surface area contributed by atoms with Crippen LogP contribution in [0.3, 0.4) is 0 Å². The van der Waals surface area contributed by atoms with Crippen molar-refractivity contribution in [3.05, 3.63) is 63.1 Å². The van der Waals surface area contributed by atoms with Crippen LogP contribution in [-0.2, 0) is 12.1 Å². The first-order valence-corrected chi connectivity index (χ1v) is 7.55. The molecule has 0 aromatic heterocycles. The highest BCUT2D eigenvalue weighted by Gasteiger charge is 2.20. The molecule has 106 valence electrons. The van der Waals surface area contributed by atoms with E-state index in [0.717, 1.165) is 10.0 Å². The summed E-state index contributed by atoms with van der Waals surface area (Å²) in [5, 5.41) is 13.9. The SMILES string of the molecule is CC(C)(NCc1c(O)cccc1Cl)c1ccc(Br)cc1. The van der Waals surface area contributed by atoms with Crippen molar-refractivity contribution in [3.8, 4) is 5.75 Å². The van der Waals surface area contributed by atoms with Gasteiger partial charge in [0.25, 0.3) is 0 Å². The van der Waals surface area contributed by atoms with Gasteiger partial charge in [0.05, 0.1) is 0 Å². The molecule has 0 aliphatic rings. The van der Waals surface area contributed by atoms with Gasteiger partial charge in [-0.3, -0.25) is 0 Å². The van der Waals surface area contributed by atoms with Crippen LogP contribution in [0.15, 0.2) is 46.9 Å². The third-order valence-electron chi connectivity index (χ3n) is 3.37. The van der Waals surface area contributed by atoms with E-state index in [0.29, 0.717) is 11.6 Å². The maximum absolute atomic E-state index is 9.86. The summed E-state index contributed by atoms with van der Waals surface area (Å²) in [7, 11) is 0. The normalized spacial score (nSPS) is 11.6. The molecule has 0 aliphatic carbocycles. The van der Waals surface area contributed by atoms with Crippen LogP contribution in [0, 0.1) is 0 Å². The lowest BCUT2D eigenvalue weighted by atomic mass is 9.94. The molecule has 0 unspecified atom stereocenters. The zero-order valence-corrected chi connectivity index (χ0v) is 13.8. The van der Waals surface area contributed by atoms with Crippen molar-refractivity contribution in [2.24, 2.45) is 0 Å². The number of nitrogens with one attached hydrogen (secondary N) is 1. The van der Waals surface area contributed by atoms with Crippen LogP contribution in [-0.4, -0.2) is 5.11 Å². The van der Waals surface area contributed by atoms with E-state index in [1.54, 1.807) is 18.2 Å². The van der Waals surface area contributed by atoms with E-state index >= 15 is 0 Å². The van der Waals surface area contributed by atoms with E-state index in [1.807, 2.05) is 12.1 Å². The maximum Gasteiger partial charge on any atom is 0.121 e. The van der Waals surface area contributed by atoms with Gasteiger partial charge in [0.15, 0.2) is 0 Å². The van der Waals surface area contributed by atoms with Gasteiger partial charge < -0.3 is 10.4 Å². The summed E-state index contributed by atoms with van der Waals surface area (Å²) in [6.45, 7) is 4.71. The minimum atomic E-state index is -0.216. The highest BCUT2D eigenvalue weighted by Crippen LogP contribution is 2.27. The molecule has 0 amide bonds. The van der Waals surface area contributed by atoms with Gasteiger partial charge >= 0.3 is 0 Å². The Labute approximate surface area is 132 Å². The quantitative estimate of drug-likeness (QED) is 0.824. The van der Waals surface area contributed by atoms with Gasteiger partial charge in [-0.1, -0.05) is 45.7 Å². The predicted octanol–water partition coefficient (Wildman–Crippen LogP) is 4.83. The Morgan fingerprint density at radius 2 is 1.80 bits per heavy atom. The van der Waals surface area contributed by atoms with Crippen LogP contribution >= 0.6 is 27.5 Å². The first-order chi connectivity index (χ1) is 9.40. The molecule has 0 saturated carbocycles. The zero-order valence-electron chi connectivity index (χ0n) is 11.5. The van der Waals surface area contributed by atoms with Crippen LogP contribution in [0.5, 0.6) is 5.75 Å². The van der Waals surface area contributed by atoms with Crippen molar-refractivity contribution in [1.82, 2.24) is 5.32 Å². The van der Waals surface area contributed by atoms with Crippen LogP contribution < -0.4 is 5.32 Å². The van der Waals surface area contributed by atoms with Crippen molar-refractivity contribution >= 4 is 27.5 Å². The Morgan fingerprint density at radius 3 is 2.40 bits per heavy atom. The van der Waals surface area contributed by atoms with Gasteiger partial charge in [0.2, 0.25) is 0 Å². The fourth-order valence-electron chi connectivity index (χ4n) is 2.00. The number of phenols is 1. The summed E-state index contributed by atoms with van der Waals surface area (Å²) >= 11 is 9.55. The summed E-state index contributed by atoms with van der Waals surface area (Å²) in [6, 6.07) is 13.4. The molecule has 0 aliphatic heterocycles. The van der Waals surface area contributed by atoms with Crippen LogP contribution in [0.25, 0.3) is 0 Å². The van der Waals surface area contributed by atoms with Crippen molar-refractivity contribution in [3.63, 3.8) is 0 Å². The van der Waals surface area contributed by atoms with Crippen molar-refractivity contribution in [2.75, 3.05) is 0 Å². The highest BCUT2D eigenvalue weighted by molar-refractivity contribution is 9.10. The standard InChI is InChI=1S/C16H17BrClNO/c1-16(2,11-6-8-12(17)9-7-11)19-10-13-14(18)4-3-5-15(13)20/h3-9,19-20H,10H2,1-2H3. The van der Waals surface area contributed by atoms with Gasteiger partial charge in [-0.15, -0.1) is 0 Å². The van der Waals surface area contributed by atoms with Crippen LogP contribution in [0.1, 0.15) is 25.0 Å². The number of aromatic hydroxyl groups is 1. The average Bonchev–Trinajstić information content (AvgIpc) is 2.38. The number of halogens is 2. The average molecular weight is 355 g/mol. The van der Waals surface area contributed by atoms with Gasteiger partial charge in [0, 0.05) is 27.1 Å². The molecule has 2 aromatic rings. The van der Waals surface area contributed by atoms with Crippen LogP contribution in [0.4, 0.5) is 0 Å². The molecule has 2 rings (SSSR count). The number of benzene rings is 2. The van der Waals surface area contributed by atoms with Gasteiger partial charge in [0.1, 0.15) is 5.75 Å². The first-order valence-electron chi connectivity index (χ1n) is 6.37. The molecule has 0 radical (unpaired) electrons. The highest BCUT2D eigenvalue weighted by atomic mass is 79.9. The molecule has 2 N–H and O–H groups in total. The molecule has 2 aromatic carbocycles. The summed E-state index contributed by atoms with van der Waals surface area (Å²) in [5.74, 6) is 0.219. The Morgan fingerprint density at radius 1 is 1.15 bits per heavy atom. The lowest BCUT2D eigenvalue weighted by molar-refractivity contribution is 0.392. The fraction of sp³-hybridized carbons (Fsp3) is 0.250. The molecule has 0 heterocycles. The summed E-state index contributed by atoms with van der Waals surface area (Å²) in [4.78, 5) is 0. The van der Waals surface area contributed by atoms with E-state index in [1.165, 1.54) is 5.56 Å². The number of rotatable bonds is 4. The molecular formula is C16H17BrClNO. The lowest BCUT2D eigenvalue weighted by Gasteiger charge is -2.27. The lowest BCUT2D eigenvalue weighted by Crippen LogP contribution is -2.36. The minimum Gasteiger partial charge on any atom is -0.508 e. The number of phenolic OH excluding ortho intramolecular Hbond substituents is 1. The Bertz CT molecular complexity index is 576. The van der Waals surface area contributed by atoms with Gasteiger partial charge in [-0.2, -0.15) is 0 Å². The monoisotopic (exact) mass is 353 g/mol. The molecule has 2 nitrogen and oxygen atoms in total. The number of hydrogen-bond donors (Lipinski definition) is 2. The second kappa shape index (κ2) is 6.17. The molecule has 0 fully saturated rings. The summed E-state index contributed by atoms with van der Waals surface area (Å²) in [6.07, 6.45) is 0. The molecule has 4 heteroatoms. The van der Waals surface area contributed by atoms with Crippen LogP contribution in [0.2, 0.25) is 5.02 Å². The van der Waals surface area contributed by atoms with Crippen molar-refractivity contribution in [1.29, 1.82) is 0 Å². The minimum absolute atomic E-state index is 0.216. The molecule has 0 atom stereocenters. The second-order valence-corrected chi connectivity index (χ2v) is 6.55. The third-order valence-corrected chi connectivity index (χ3v) is 4.25. The smallest absolute Gasteiger partial charge is 0.121 e. The second-order valence-electron chi connectivity index (χ2n) is 5.22. The maximum atomic E-state index is 9.86. The van der Waals surface area contributed by atoms with Crippen molar-refractivity contribution in [2.45, 2.75) is 25.9 Å². The zero-order chi connectivity index (χ0) is 14.8. The molecule has 20 heavy (non-hydrogen) atoms. The Kier molecular flexibility index (Phi) is 4.74. The van der Waals surface area contributed by atoms with E-state index in [4.69, 9.17) is 11.6 Å². The molecular weight excluding hydrogens is 338 g/mol. The Hall–Kier alpha value is -1.03. The molecule has 0 bridgehead atoms. The van der Waals surface area contributed by atoms with E-state index < -0.39 is 0 Å².